The lowest BCUT2D eigenvalue weighted by Crippen LogP contribution is -2.30. The molecule has 0 bridgehead atoms. The number of hydrogen-bond donors (Lipinski definition) is 3. The van der Waals surface area contributed by atoms with Gasteiger partial charge in [0, 0.05) is 6.42 Å². The fourth-order valence-corrected chi connectivity index (χ4v) is 1.26. The highest BCUT2D eigenvalue weighted by Gasteiger charge is 2.15. The van der Waals surface area contributed by atoms with Gasteiger partial charge in [0.15, 0.2) is 0 Å². The Morgan fingerprint density at radius 1 is 1.13 bits per heavy atom. The number of aliphatic hydroxyl groups excluding tert-OH is 3. The summed E-state index contributed by atoms with van der Waals surface area (Å²) in [5.74, 6) is 0.746. The second-order valence-electron chi connectivity index (χ2n) is 3.37. The zero-order chi connectivity index (χ0) is 11.3. The number of benzene rings is 1. The molecule has 0 unspecified atom stereocenters. The first-order valence-electron chi connectivity index (χ1n) is 4.77. The molecule has 0 heterocycles. The highest BCUT2D eigenvalue weighted by Crippen LogP contribution is 2.13. The van der Waals surface area contributed by atoms with Crippen molar-refractivity contribution in [2.24, 2.45) is 0 Å². The molecule has 3 N–H and O–H groups in total. The van der Waals surface area contributed by atoms with Crippen molar-refractivity contribution in [2.75, 3.05) is 13.7 Å². The Morgan fingerprint density at radius 2 is 1.73 bits per heavy atom. The minimum Gasteiger partial charge on any atom is -0.497 e. The van der Waals surface area contributed by atoms with Crippen LogP contribution in [0.15, 0.2) is 24.3 Å². The van der Waals surface area contributed by atoms with Gasteiger partial charge in [0.25, 0.3) is 0 Å². The topological polar surface area (TPSA) is 69.9 Å². The smallest absolute Gasteiger partial charge is 0.118 e. The highest BCUT2D eigenvalue weighted by molar-refractivity contribution is 5.27. The normalized spacial score (nSPS) is 14.7. The molecule has 0 amide bonds. The van der Waals surface area contributed by atoms with Crippen LogP contribution in [0.5, 0.6) is 5.75 Å². The predicted octanol–water partition coefficient (Wildman–Crippen LogP) is -0.0482. The molecule has 1 rings (SSSR count). The summed E-state index contributed by atoms with van der Waals surface area (Å²) in [6, 6.07) is 7.19. The molecule has 0 saturated carbocycles. The first-order chi connectivity index (χ1) is 7.17. The monoisotopic (exact) mass is 212 g/mol. The van der Waals surface area contributed by atoms with E-state index in [4.69, 9.17) is 14.9 Å². The molecule has 0 aliphatic carbocycles. The van der Waals surface area contributed by atoms with Crippen LogP contribution in [0.3, 0.4) is 0 Å². The number of hydrogen-bond acceptors (Lipinski definition) is 4. The molecular formula is C11H16O4. The molecule has 84 valence electrons. The van der Waals surface area contributed by atoms with Gasteiger partial charge in [0.05, 0.1) is 19.8 Å². The Morgan fingerprint density at radius 3 is 2.20 bits per heavy atom. The van der Waals surface area contributed by atoms with Crippen molar-refractivity contribution in [2.45, 2.75) is 18.6 Å². The average molecular weight is 212 g/mol. The van der Waals surface area contributed by atoms with Gasteiger partial charge in [-0.1, -0.05) is 12.1 Å². The maximum absolute atomic E-state index is 9.46. The Kier molecular flexibility index (Phi) is 4.55. The number of aliphatic hydroxyl groups is 3. The molecule has 4 nitrogen and oxygen atoms in total. The minimum atomic E-state index is -1.09. The summed E-state index contributed by atoms with van der Waals surface area (Å²) in [5.41, 5.74) is 0.885. The molecular weight excluding hydrogens is 196 g/mol. The second-order valence-corrected chi connectivity index (χ2v) is 3.37. The van der Waals surface area contributed by atoms with Crippen molar-refractivity contribution in [3.8, 4) is 5.75 Å². The fourth-order valence-electron chi connectivity index (χ4n) is 1.26. The van der Waals surface area contributed by atoms with Crippen LogP contribution in [0.2, 0.25) is 0 Å². The van der Waals surface area contributed by atoms with Gasteiger partial charge in [0.1, 0.15) is 11.9 Å². The summed E-state index contributed by atoms with van der Waals surface area (Å²) in [6.45, 7) is -0.433. The second kappa shape index (κ2) is 5.70. The molecule has 1 aromatic carbocycles. The van der Waals surface area contributed by atoms with Gasteiger partial charge >= 0.3 is 0 Å². The Balaban J connectivity index is 2.57. The van der Waals surface area contributed by atoms with Gasteiger partial charge in [0.2, 0.25) is 0 Å². The van der Waals surface area contributed by atoms with Gasteiger partial charge in [-0.3, -0.25) is 0 Å². The van der Waals surface area contributed by atoms with E-state index < -0.39 is 18.8 Å². The summed E-state index contributed by atoms with van der Waals surface area (Å²) in [7, 11) is 1.58. The zero-order valence-corrected chi connectivity index (χ0v) is 8.63. The molecule has 0 aliphatic heterocycles. The summed E-state index contributed by atoms with van der Waals surface area (Å²) in [6.07, 6.45) is -1.72. The summed E-state index contributed by atoms with van der Waals surface area (Å²) in [5, 5.41) is 27.3. The van der Waals surface area contributed by atoms with E-state index >= 15 is 0 Å². The fraction of sp³-hybridized carbons (Fsp3) is 0.455. The number of methoxy groups -OCH3 is 1. The van der Waals surface area contributed by atoms with Crippen LogP contribution in [-0.2, 0) is 6.42 Å². The quantitative estimate of drug-likeness (QED) is 0.640. The minimum absolute atomic E-state index is 0.311. The van der Waals surface area contributed by atoms with E-state index in [0.29, 0.717) is 6.42 Å². The third-order valence-corrected chi connectivity index (χ3v) is 2.24. The van der Waals surface area contributed by atoms with Crippen molar-refractivity contribution in [3.63, 3.8) is 0 Å². The largest absolute Gasteiger partial charge is 0.497 e. The maximum atomic E-state index is 9.46. The van der Waals surface area contributed by atoms with Crippen LogP contribution < -0.4 is 4.74 Å². The van der Waals surface area contributed by atoms with E-state index in [0.717, 1.165) is 11.3 Å². The van der Waals surface area contributed by atoms with Crippen LogP contribution in [0.1, 0.15) is 5.56 Å². The van der Waals surface area contributed by atoms with Crippen LogP contribution in [0.4, 0.5) is 0 Å². The van der Waals surface area contributed by atoms with Crippen LogP contribution in [-0.4, -0.2) is 41.2 Å². The van der Waals surface area contributed by atoms with E-state index in [2.05, 4.69) is 0 Å². The molecule has 0 aromatic heterocycles. The molecule has 2 atom stereocenters. The summed E-state index contributed by atoms with van der Waals surface area (Å²) in [4.78, 5) is 0. The van der Waals surface area contributed by atoms with E-state index in [1.807, 2.05) is 12.1 Å². The molecule has 0 fully saturated rings. The third kappa shape index (κ3) is 3.51. The van der Waals surface area contributed by atoms with Gasteiger partial charge in [-0.25, -0.2) is 0 Å². The van der Waals surface area contributed by atoms with E-state index in [-0.39, 0.29) is 0 Å². The molecule has 0 spiro atoms. The Hall–Kier alpha value is -1.10. The lowest BCUT2D eigenvalue weighted by Gasteiger charge is -2.15. The van der Waals surface area contributed by atoms with Gasteiger partial charge in [-0.05, 0) is 17.7 Å². The van der Waals surface area contributed by atoms with Crippen molar-refractivity contribution in [1.82, 2.24) is 0 Å². The van der Waals surface area contributed by atoms with Gasteiger partial charge < -0.3 is 20.1 Å². The van der Waals surface area contributed by atoms with Crippen LogP contribution >= 0.6 is 0 Å². The molecule has 1 aromatic rings. The van der Waals surface area contributed by atoms with E-state index in [1.165, 1.54) is 0 Å². The first kappa shape index (κ1) is 12.0. The van der Waals surface area contributed by atoms with E-state index in [9.17, 15) is 5.11 Å². The molecule has 0 aliphatic rings. The lowest BCUT2D eigenvalue weighted by molar-refractivity contribution is -0.0132. The zero-order valence-electron chi connectivity index (χ0n) is 8.63. The average Bonchev–Trinajstić information content (AvgIpc) is 2.29. The molecule has 4 heteroatoms. The third-order valence-electron chi connectivity index (χ3n) is 2.24. The first-order valence-corrected chi connectivity index (χ1v) is 4.77. The Labute approximate surface area is 88.8 Å². The lowest BCUT2D eigenvalue weighted by atomic mass is 10.0. The number of rotatable bonds is 5. The van der Waals surface area contributed by atoms with Crippen LogP contribution in [0, 0.1) is 0 Å². The SMILES string of the molecule is COc1ccc(C[C@@H](O)[C@H](O)CO)cc1. The Bertz CT molecular complexity index is 283. The van der Waals surface area contributed by atoms with Crippen molar-refractivity contribution >= 4 is 0 Å². The maximum Gasteiger partial charge on any atom is 0.118 e. The predicted molar refractivity (Wildman–Crippen MR) is 55.8 cm³/mol. The van der Waals surface area contributed by atoms with E-state index in [1.54, 1.807) is 19.2 Å². The standard InChI is InChI=1S/C11H16O4/c1-15-9-4-2-8(3-5-9)6-10(13)11(14)7-12/h2-5,10-14H,6-7H2,1H3/t10-,11-/m1/s1. The van der Waals surface area contributed by atoms with Gasteiger partial charge in [-0.2, -0.15) is 0 Å². The van der Waals surface area contributed by atoms with Crippen molar-refractivity contribution < 1.29 is 20.1 Å². The van der Waals surface area contributed by atoms with Crippen molar-refractivity contribution in [3.05, 3.63) is 29.8 Å². The summed E-state index contributed by atoms with van der Waals surface area (Å²) >= 11 is 0. The number of ether oxygens (including phenoxy) is 1. The highest BCUT2D eigenvalue weighted by atomic mass is 16.5. The van der Waals surface area contributed by atoms with Crippen molar-refractivity contribution in [1.29, 1.82) is 0 Å². The molecule has 0 saturated heterocycles. The molecule has 0 radical (unpaired) electrons. The van der Waals surface area contributed by atoms with Gasteiger partial charge in [-0.15, -0.1) is 0 Å². The molecule has 15 heavy (non-hydrogen) atoms. The van der Waals surface area contributed by atoms with Crippen LogP contribution in [0.25, 0.3) is 0 Å². The summed E-state index contributed by atoms with van der Waals surface area (Å²) < 4.78 is 4.99.